The fourth-order valence-corrected chi connectivity index (χ4v) is 5.09. The first-order chi connectivity index (χ1) is 14.9. The molecule has 0 atom stereocenters. The first-order valence-corrected chi connectivity index (χ1v) is 11.6. The molecule has 0 unspecified atom stereocenters. The third-order valence-corrected chi connectivity index (χ3v) is 7.34. The molecular formula is C19H20ClN7O2S2. The van der Waals surface area contributed by atoms with E-state index in [1.165, 1.54) is 38.6 Å². The van der Waals surface area contributed by atoms with Crippen molar-refractivity contribution in [2.75, 3.05) is 11.1 Å². The fourth-order valence-electron chi connectivity index (χ4n) is 3.15. The summed E-state index contributed by atoms with van der Waals surface area (Å²) in [6, 6.07) is 5.66. The van der Waals surface area contributed by atoms with Crippen LogP contribution in [0.3, 0.4) is 0 Å². The molecule has 0 bridgehead atoms. The van der Waals surface area contributed by atoms with E-state index in [9.17, 15) is 9.59 Å². The second-order valence-corrected chi connectivity index (χ2v) is 9.67. The lowest BCUT2D eigenvalue weighted by Gasteiger charge is -2.08. The number of fused-ring (bicyclic) bond motifs is 1. The molecule has 0 fully saturated rings. The summed E-state index contributed by atoms with van der Waals surface area (Å²) in [5.41, 5.74) is 1.98. The Hall–Kier alpha value is -2.63. The van der Waals surface area contributed by atoms with Crippen molar-refractivity contribution in [3.05, 3.63) is 56.0 Å². The molecule has 0 amide bonds. The molecule has 31 heavy (non-hydrogen) atoms. The molecule has 0 aliphatic carbocycles. The van der Waals surface area contributed by atoms with Crippen molar-refractivity contribution >= 4 is 56.7 Å². The molecule has 0 aliphatic rings. The maximum absolute atomic E-state index is 12.7. The minimum Gasteiger partial charge on any atom is -0.330 e. The number of thioether (sulfide) groups is 1. The van der Waals surface area contributed by atoms with Gasteiger partial charge in [-0.05, 0) is 31.0 Å². The molecule has 162 valence electrons. The second kappa shape index (κ2) is 8.85. The van der Waals surface area contributed by atoms with Gasteiger partial charge in [-0.2, -0.15) is 0 Å². The molecule has 0 spiro atoms. The Morgan fingerprint density at radius 3 is 2.84 bits per heavy atom. The number of halogens is 1. The summed E-state index contributed by atoms with van der Waals surface area (Å²) in [5, 5.41) is 13.0. The predicted molar refractivity (Wildman–Crippen MR) is 125 cm³/mol. The highest BCUT2D eigenvalue weighted by atomic mass is 35.5. The molecule has 9 nitrogen and oxygen atoms in total. The van der Waals surface area contributed by atoms with Gasteiger partial charge in [0.2, 0.25) is 5.13 Å². The summed E-state index contributed by atoms with van der Waals surface area (Å²) in [6.45, 7) is 2.27. The third kappa shape index (κ3) is 4.25. The Kier molecular flexibility index (Phi) is 6.17. The van der Waals surface area contributed by atoms with Crippen LogP contribution in [0.25, 0.3) is 11.2 Å². The van der Waals surface area contributed by atoms with E-state index in [0.717, 1.165) is 15.6 Å². The monoisotopic (exact) mass is 477 g/mol. The van der Waals surface area contributed by atoms with Gasteiger partial charge >= 0.3 is 5.69 Å². The van der Waals surface area contributed by atoms with Crippen LogP contribution in [0.2, 0.25) is 5.02 Å². The molecule has 1 aromatic carbocycles. The van der Waals surface area contributed by atoms with Crippen LogP contribution in [0.15, 0.2) is 38.5 Å². The summed E-state index contributed by atoms with van der Waals surface area (Å²) < 4.78 is 5.12. The van der Waals surface area contributed by atoms with Gasteiger partial charge in [0.1, 0.15) is 0 Å². The van der Waals surface area contributed by atoms with Crippen molar-refractivity contribution in [2.45, 2.75) is 24.2 Å². The van der Waals surface area contributed by atoms with Crippen LogP contribution in [-0.2, 0) is 20.6 Å². The van der Waals surface area contributed by atoms with Crippen molar-refractivity contribution in [2.24, 2.45) is 14.1 Å². The lowest BCUT2D eigenvalue weighted by atomic mass is 10.2. The maximum atomic E-state index is 12.7. The zero-order valence-corrected chi connectivity index (χ0v) is 19.5. The van der Waals surface area contributed by atoms with Crippen LogP contribution < -0.4 is 16.6 Å². The Balaban J connectivity index is 1.39. The lowest BCUT2D eigenvalue weighted by Crippen LogP contribution is -2.39. The van der Waals surface area contributed by atoms with E-state index in [1.54, 1.807) is 18.7 Å². The number of nitrogens with one attached hydrogen (secondary N) is 1. The number of aryl methyl sites for hydroxylation is 2. The van der Waals surface area contributed by atoms with Crippen LogP contribution >= 0.6 is 34.7 Å². The van der Waals surface area contributed by atoms with Gasteiger partial charge in [0, 0.05) is 37.1 Å². The van der Waals surface area contributed by atoms with E-state index >= 15 is 0 Å². The molecule has 1 N–H and O–H groups in total. The van der Waals surface area contributed by atoms with Crippen molar-refractivity contribution < 1.29 is 0 Å². The number of hydrogen-bond donors (Lipinski definition) is 1. The van der Waals surface area contributed by atoms with E-state index in [0.29, 0.717) is 40.0 Å². The Morgan fingerprint density at radius 1 is 1.23 bits per heavy atom. The van der Waals surface area contributed by atoms with Crippen LogP contribution in [0, 0.1) is 6.92 Å². The number of imidazole rings is 1. The Bertz CT molecular complexity index is 1370. The molecule has 0 radical (unpaired) electrons. The molecule has 4 rings (SSSR count). The minimum atomic E-state index is -0.361. The van der Waals surface area contributed by atoms with Gasteiger partial charge in [0.25, 0.3) is 5.56 Å². The number of aromatic nitrogens is 6. The topological polar surface area (TPSA) is 99.6 Å². The van der Waals surface area contributed by atoms with Gasteiger partial charge in [-0.15, -0.1) is 10.2 Å². The summed E-state index contributed by atoms with van der Waals surface area (Å²) >= 11 is 9.14. The number of benzene rings is 1. The van der Waals surface area contributed by atoms with Gasteiger partial charge in [-0.3, -0.25) is 13.9 Å². The molecule has 0 saturated heterocycles. The van der Waals surface area contributed by atoms with E-state index in [4.69, 9.17) is 11.6 Å². The van der Waals surface area contributed by atoms with Crippen LogP contribution in [-0.4, -0.2) is 34.6 Å². The molecule has 3 heterocycles. The Morgan fingerprint density at radius 2 is 2.03 bits per heavy atom. The first-order valence-electron chi connectivity index (χ1n) is 9.46. The highest BCUT2D eigenvalue weighted by Gasteiger charge is 2.15. The maximum Gasteiger partial charge on any atom is 0.332 e. The number of hydrogen-bond acceptors (Lipinski definition) is 8. The Labute approximate surface area is 190 Å². The summed E-state index contributed by atoms with van der Waals surface area (Å²) in [4.78, 5) is 29.4. The average Bonchev–Trinajstić information content (AvgIpc) is 3.35. The van der Waals surface area contributed by atoms with Gasteiger partial charge in [0.05, 0.1) is 6.33 Å². The van der Waals surface area contributed by atoms with Gasteiger partial charge in [0.15, 0.2) is 15.5 Å². The second-order valence-electron chi connectivity index (χ2n) is 6.94. The van der Waals surface area contributed by atoms with Crippen LogP contribution in [0.5, 0.6) is 0 Å². The molecule has 12 heteroatoms. The third-order valence-electron chi connectivity index (χ3n) is 4.87. The normalized spacial score (nSPS) is 11.4. The van der Waals surface area contributed by atoms with Crippen molar-refractivity contribution in [3.63, 3.8) is 0 Å². The van der Waals surface area contributed by atoms with Gasteiger partial charge in [-0.1, -0.05) is 40.8 Å². The summed E-state index contributed by atoms with van der Waals surface area (Å²) in [5.74, 6) is 0.698. The summed E-state index contributed by atoms with van der Waals surface area (Å²) in [7, 11) is 3.37. The smallest absolute Gasteiger partial charge is 0.330 e. The average molecular weight is 478 g/mol. The molecule has 0 aliphatic heterocycles. The number of rotatable bonds is 7. The van der Waals surface area contributed by atoms with E-state index in [1.807, 2.05) is 25.1 Å². The fraction of sp³-hybridized carbons (Fsp3) is 0.316. The van der Waals surface area contributed by atoms with E-state index < -0.39 is 0 Å². The van der Waals surface area contributed by atoms with Gasteiger partial charge in [-0.25, -0.2) is 9.78 Å². The van der Waals surface area contributed by atoms with E-state index in [2.05, 4.69) is 20.5 Å². The summed E-state index contributed by atoms with van der Waals surface area (Å²) in [6.07, 6.45) is 2.18. The zero-order valence-electron chi connectivity index (χ0n) is 17.1. The predicted octanol–water partition coefficient (Wildman–Crippen LogP) is 3.17. The molecule has 0 saturated carbocycles. The zero-order chi connectivity index (χ0) is 22.1. The number of nitrogens with zero attached hydrogens (tertiary/aromatic N) is 6. The van der Waals surface area contributed by atoms with Crippen molar-refractivity contribution in [3.8, 4) is 0 Å². The van der Waals surface area contributed by atoms with Crippen molar-refractivity contribution in [1.82, 2.24) is 28.9 Å². The van der Waals surface area contributed by atoms with Crippen LogP contribution in [0.1, 0.15) is 12.0 Å². The SMILES string of the molecule is Cc1c(Cl)cccc1Nc1nnc(SCCCn2c(=O)c3c(ncn3C)n(C)c2=O)s1. The molecule has 3 aromatic heterocycles. The largest absolute Gasteiger partial charge is 0.332 e. The van der Waals surface area contributed by atoms with Gasteiger partial charge < -0.3 is 9.88 Å². The molecular weight excluding hydrogens is 458 g/mol. The minimum absolute atomic E-state index is 0.317. The first kappa shape index (κ1) is 21.6. The quantitative estimate of drug-likeness (QED) is 0.322. The van der Waals surface area contributed by atoms with Crippen LogP contribution in [0.4, 0.5) is 10.8 Å². The number of anilines is 2. The highest BCUT2D eigenvalue weighted by Crippen LogP contribution is 2.30. The van der Waals surface area contributed by atoms with Crippen molar-refractivity contribution in [1.29, 1.82) is 0 Å². The highest BCUT2D eigenvalue weighted by molar-refractivity contribution is 8.01. The lowest BCUT2D eigenvalue weighted by molar-refractivity contribution is 0.594. The standard InChI is InChI=1S/C19H20ClN7O2S2/c1-11-12(20)6-4-7-13(11)22-17-23-24-18(31-17)30-9-5-8-27-16(28)14-15(21-10-25(14)2)26(3)19(27)29/h4,6-7,10H,5,8-9H2,1-3H3,(H,22,23). The molecule has 4 aromatic rings. The van der Waals surface area contributed by atoms with E-state index in [-0.39, 0.29) is 11.2 Å².